The summed E-state index contributed by atoms with van der Waals surface area (Å²) in [5, 5.41) is 14.1. The van der Waals surface area contributed by atoms with Gasteiger partial charge in [-0.3, -0.25) is 9.59 Å². The van der Waals surface area contributed by atoms with Crippen molar-refractivity contribution in [1.82, 2.24) is 20.2 Å². The predicted molar refractivity (Wildman–Crippen MR) is 109 cm³/mol. The largest absolute Gasteiger partial charge is 0.391 e. The molecule has 1 aromatic heterocycles. The van der Waals surface area contributed by atoms with E-state index in [9.17, 15) is 14.7 Å². The summed E-state index contributed by atoms with van der Waals surface area (Å²) in [5.41, 5.74) is 0. The minimum Gasteiger partial charge on any atom is -0.391 e. The Bertz CT molecular complexity index is 791. The van der Waals surface area contributed by atoms with E-state index in [2.05, 4.69) is 20.2 Å². The van der Waals surface area contributed by atoms with Crippen LogP contribution in [0.4, 0.5) is 5.82 Å². The van der Waals surface area contributed by atoms with Crippen molar-refractivity contribution in [1.29, 1.82) is 0 Å². The average molecular weight is 422 g/mol. The molecule has 2 aliphatic heterocycles. The maximum absolute atomic E-state index is 12.5. The Hall–Kier alpha value is -1.93. The molecule has 2 N–H and O–H groups in total. The molecule has 4 rings (SSSR count). The molecule has 1 saturated carbocycles. The van der Waals surface area contributed by atoms with Crippen LogP contribution in [-0.2, 0) is 9.59 Å². The van der Waals surface area contributed by atoms with E-state index in [1.54, 1.807) is 11.1 Å². The first-order valence-electron chi connectivity index (χ1n) is 10.4. The van der Waals surface area contributed by atoms with Crippen LogP contribution >= 0.6 is 11.6 Å². The van der Waals surface area contributed by atoms with Crippen molar-refractivity contribution < 1.29 is 14.7 Å². The number of halogens is 1. The molecule has 4 atom stereocenters. The van der Waals surface area contributed by atoms with Gasteiger partial charge in [0.25, 0.3) is 0 Å². The number of aliphatic hydroxyl groups excluding tert-OH is 1. The van der Waals surface area contributed by atoms with Crippen LogP contribution in [0, 0.1) is 18.8 Å². The van der Waals surface area contributed by atoms with Crippen molar-refractivity contribution in [3.63, 3.8) is 0 Å². The molecule has 0 aromatic carbocycles. The summed E-state index contributed by atoms with van der Waals surface area (Å²) < 4.78 is 0. The molecule has 2 amide bonds. The summed E-state index contributed by atoms with van der Waals surface area (Å²) in [6.45, 7) is 4.15. The maximum atomic E-state index is 12.5. The topological polar surface area (TPSA) is 98.7 Å². The second kappa shape index (κ2) is 8.44. The number of fused-ring (bicyclic) bond motifs is 1. The lowest BCUT2D eigenvalue weighted by molar-refractivity contribution is -0.138. The first-order valence-corrected chi connectivity index (χ1v) is 10.8. The molecule has 1 aliphatic carbocycles. The van der Waals surface area contributed by atoms with Crippen LogP contribution in [0.1, 0.15) is 37.9 Å². The zero-order valence-corrected chi connectivity index (χ0v) is 17.4. The number of amides is 2. The van der Waals surface area contributed by atoms with Crippen LogP contribution < -0.4 is 10.2 Å². The van der Waals surface area contributed by atoms with Gasteiger partial charge in [0.1, 0.15) is 10.8 Å². The molecular formula is C20H28ClN5O3. The minimum absolute atomic E-state index is 0.0408. The summed E-state index contributed by atoms with van der Waals surface area (Å²) in [6, 6.07) is -0.286. The number of aromatic nitrogens is 2. The van der Waals surface area contributed by atoms with Crippen LogP contribution in [-0.4, -0.2) is 70.1 Å². The first-order chi connectivity index (χ1) is 13.9. The Labute approximate surface area is 175 Å². The van der Waals surface area contributed by atoms with Gasteiger partial charge in [-0.2, -0.15) is 0 Å². The smallest absolute Gasteiger partial charge is 0.239 e. The molecule has 8 nitrogen and oxygen atoms in total. The van der Waals surface area contributed by atoms with E-state index in [0.29, 0.717) is 48.5 Å². The lowest BCUT2D eigenvalue weighted by Gasteiger charge is -2.36. The van der Waals surface area contributed by atoms with E-state index in [0.717, 1.165) is 31.7 Å². The summed E-state index contributed by atoms with van der Waals surface area (Å²) in [5.74, 6) is 1.97. The second-order valence-corrected chi connectivity index (χ2v) is 8.91. The Morgan fingerprint density at radius 1 is 1.31 bits per heavy atom. The van der Waals surface area contributed by atoms with Crippen molar-refractivity contribution in [3.05, 3.63) is 17.0 Å². The normalized spacial score (nSPS) is 29.7. The third-order valence-electron chi connectivity index (χ3n) is 6.39. The lowest BCUT2D eigenvalue weighted by Crippen LogP contribution is -2.52. The molecule has 29 heavy (non-hydrogen) atoms. The SMILES string of the molecule is Cc1ncc(Cl)c(N2C[C@H]3C[C@H](O)[C@@H](NC(=O)CN4CCCCC4=O)C[C@H]3C2)n1. The fourth-order valence-electron chi connectivity index (χ4n) is 4.88. The van der Waals surface area contributed by atoms with Crippen LogP contribution in [0.15, 0.2) is 6.20 Å². The summed E-state index contributed by atoms with van der Waals surface area (Å²) in [4.78, 5) is 36.8. The van der Waals surface area contributed by atoms with Gasteiger partial charge in [0.05, 0.1) is 24.9 Å². The third-order valence-corrected chi connectivity index (χ3v) is 6.66. The number of rotatable bonds is 4. The monoisotopic (exact) mass is 421 g/mol. The average Bonchev–Trinajstić information content (AvgIpc) is 3.08. The van der Waals surface area contributed by atoms with E-state index in [1.165, 1.54) is 0 Å². The Kier molecular flexibility index (Phi) is 5.92. The molecule has 158 valence electrons. The number of aliphatic hydroxyl groups is 1. The quantitative estimate of drug-likeness (QED) is 0.756. The molecule has 1 aromatic rings. The fourth-order valence-corrected chi connectivity index (χ4v) is 5.09. The van der Waals surface area contributed by atoms with E-state index >= 15 is 0 Å². The fraction of sp³-hybridized carbons (Fsp3) is 0.700. The van der Waals surface area contributed by atoms with Gasteiger partial charge in [-0.1, -0.05) is 11.6 Å². The molecule has 9 heteroatoms. The number of carbonyl (C=O) groups is 2. The number of carbonyl (C=O) groups excluding carboxylic acids is 2. The van der Waals surface area contributed by atoms with Crippen molar-refractivity contribution in [2.24, 2.45) is 11.8 Å². The molecule has 3 fully saturated rings. The second-order valence-electron chi connectivity index (χ2n) is 8.50. The van der Waals surface area contributed by atoms with E-state index in [-0.39, 0.29) is 24.4 Å². The van der Waals surface area contributed by atoms with E-state index < -0.39 is 6.10 Å². The van der Waals surface area contributed by atoms with Gasteiger partial charge in [0.15, 0.2) is 5.82 Å². The number of aryl methyl sites for hydroxylation is 1. The van der Waals surface area contributed by atoms with Crippen LogP contribution in [0.2, 0.25) is 5.02 Å². The maximum Gasteiger partial charge on any atom is 0.239 e. The minimum atomic E-state index is -0.584. The molecular weight excluding hydrogens is 394 g/mol. The van der Waals surface area contributed by atoms with Gasteiger partial charge in [-0.05, 0) is 44.4 Å². The van der Waals surface area contributed by atoms with E-state index in [4.69, 9.17) is 11.6 Å². The van der Waals surface area contributed by atoms with Gasteiger partial charge in [-0.25, -0.2) is 9.97 Å². The highest BCUT2D eigenvalue weighted by Crippen LogP contribution is 2.39. The van der Waals surface area contributed by atoms with Gasteiger partial charge in [0, 0.05) is 26.1 Å². The molecule has 3 aliphatic rings. The molecule has 3 heterocycles. The molecule has 0 radical (unpaired) electrons. The van der Waals surface area contributed by atoms with Gasteiger partial charge in [0.2, 0.25) is 11.8 Å². The number of nitrogens with zero attached hydrogens (tertiary/aromatic N) is 4. The van der Waals surface area contributed by atoms with Crippen molar-refractivity contribution in [2.45, 2.75) is 51.2 Å². The predicted octanol–water partition coefficient (Wildman–Crippen LogP) is 1.14. The third kappa shape index (κ3) is 4.48. The van der Waals surface area contributed by atoms with Crippen LogP contribution in [0.25, 0.3) is 0 Å². The Morgan fingerprint density at radius 3 is 2.83 bits per heavy atom. The number of likely N-dealkylation sites (tertiary alicyclic amines) is 1. The number of hydrogen-bond acceptors (Lipinski definition) is 6. The number of anilines is 1. The standard InChI is InChI=1S/C20H28ClN5O3/c1-12-22-8-15(21)20(23-12)26-9-13-6-16(17(27)7-14(13)10-26)24-18(28)11-25-5-3-2-4-19(25)29/h8,13-14,16-17,27H,2-7,9-11H2,1H3,(H,24,28)/t13-,14+,16-,17-/m0/s1. The Morgan fingerprint density at radius 2 is 2.07 bits per heavy atom. The van der Waals surface area contributed by atoms with E-state index in [1.807, 2.05) is 6.92 Å². The number of nitrogens with one attached hydrogen (secondary N) is 1. The van der Waals surface area contributed by atoms with Crippen LogP contribution in [0.5, 0.6) is 0 Å². The summed E-state index contributed by atoms with van der Waals surface area (Å²) in [7, 11) is 0. The highest BCUT2D eigenvalue weighted by atomic mass is 35.5. The highest BCUT2D eigenvalue weighted by molar-refractivity contribution is 6.32. The van der Waals surface area contributed by atoms with Crippen molar-refractivity contribution >= 4 is 29.2 Å². The Balaban J connectivity index is 1.36. The zero-order chi connectivity index (χ0) is 20.5. The van der Waals surface area contributed by atoms with Crippen molar-refractivity contribution in [3.8, 4) is 0 Å². The molecule has 0 spiro atoms. The number of hydrogen-bond donors (Lipinski definition) is 2. The highest BCUT2D eigenvalue weighted by Gasteiger charge is 2.43. The lowest BCUT2D eigenvalue weighted by atomic mass is 9.77. The molecule has 2 saturated heterocycles. The van der Waals surface area contributed by atoms with Gasteiger partial charge >= 0.3 is 0 Å². The van der Waals surface area contributed by atoms with Crippen LogP contribution in [0.3, 0.4) is 0 Å². The first kappa shape index (κ1) is 20.3. The zero-order valence-electron chi connectivity index (χ0n) is 16.7. The summed E-state index contributed by atoms with van der Waals surface area (Å²) in [6.07, 6.45) is 4.74. The van der Waals surface area contributed by atoms with Crippen molar-refractivity contribution in [2.75, 3.05) is 31.1 Å². The molecule has 0 unspecified atom stereocenters. The van der Waals surface area contributed by atoms with Gasteiger partial charge < -0.3 is 20.2 Å². The summed E-state index contributed by atoms with van der Waals surface area (Å²) >= 11 is 6.30. The molecule has 0 bridgehead atoms. The van der Waals surface area contributed by atoms with Gasteiger partial charge in [-0.15, -0.1) is 0 Å². The number of piperidine rings is 1.